The lowest BCUT2D eigenvalue weighted by atomic mass is 9.93. The van der Waals surface area contributed by atoms with Gasteiger partial charge in [0, 0.05) is 51.8 Å². The van der Waals surface area contributed by atoms with E-state index in [1.165, 1.54) is 52.0 Å². The standard InChI is InChI=1S/C23H22O10/c1-11(24)29-16-8-20(31-13(3)26)17-10-18(28)23(33-21(17)9-16)15-5-6-19(30-12(2)25)22(7-15)32-14(4)27/h5-9,18,23,28H,10H2,1-4H3. The van der Waals surface area contributed by atoms with Crippen molar-refractivity contribution in [1.82, 2.24) is 0 Å². The number of benzene rings is 2. The number of aliphatic hydroxyl groups excluding tert-OH is 1. The fourth-order valence-electron chi connectivity index (χ4n) is 3.37. The molecule has 10 nitrogen and oxygen atoms in total. The topological polar surface area (TPSA) is 135 Å². The zero-order valence-electron chi connectivity index (χ0n) is 18.4. The molecule has 1 aliphatic heterocycles. The van der Waals surface area contributed by atoms with Crippen molar-refractivity contribution >= 4 is 23.9 Å². The first-order chi connectivity index (χ1) is 15.5. The third-order valence-corrected chi connectivity index (χ3v) is 4.48. The highest BCUT2D eigenvalue weighted by Gasteiger charge is 2.34. The predicted molar refractivity (Wildman–Crippen MR) is 111 cm³/mol. The second-order valence-corrected chi connectivity index (χ2v) is 7.29. The first-order valence-corrected chi connectivity index (χ1v) is 9.92. The summed E-state index contributed by atoms with van der Waals surface area (Å²) in [5, 5.41) is 10.8. The average Bonchev–Trinajstić information content (AvgIpc) is 2.68. The highest BCUT2D eigenvalue weighted by Crippen LogP contribution is 2.44. The molecule has 3 rings (SSSR count). The summed E-state index contributed by atoms with van der Waals surface area (Å²) in [5.74, 6) is -1.98. The van der Waals surface area contributed by atoms with Crippen LogP contribution in [0.5, 0.6) is 28.7 Å². The summed E-state index contributed by atoms with van der Waals surface area (Å²) in [7, 11) is 0. The van der Waals surface area contributed by atoms with E-state index in [-0.39, 0.29) is 35.2 Å². The van der Waals surface area contributed by atoms with Crippen molar-refractivity contribution in [3.8, 4) is 28.7 Å². The fourth-order valence-corrected chi connectivity index (χ4v) is 3.37. The van der Waals surface area contributed by atoms with E-state index in [2.05, 4.69) is 0 Å². The molecule has 0 aromatic heterocycles. The summed E-state index contributed by atoms with van der Waals surface area (Å²) in [5.41, 5.74) is 0.842. The van der Waals surface area contributed by atoms with E-state index in [0.29, 0.717) is 11.1 Å². The quantitative estimate of drug-likeness (QED) is 0.526. The Labute approximate surface area is 189 Å². The normalized spacial score (nSPS) is 16.6. The van der Waals surface area contributed by atoms with E-state index in [1.807, 2.05) is 0 Å². The number of aliphatic hydroxyl groups is 1. The van der Waals surface area contributed by atoms with Gasteiger partial charge in [-0.05, 0) is 17.7 Å². The van der Waals surface area contributed by atoms with Crippen LogP contribution in [0.3, 0.4) is 0 Å². The van der Waals surface area contributed by atoms with Crippen LogP contribution in [0, 0.1) is 0 Å². The van der Waals surface area contributed by atoms with Crippen molar-refractivity contribution in [2.45, 2.75) is 46.3 Å². The molecule has 1 aliphatic rings. The molecule has 2 unspecified atom stereocenters. The van der Waals surface area contributed by atoms with Crippen LogP contribution in [0.1, 0.15) is 44.9 Å². The Kier molecular flexibility index (Phi) is 6.98. The molecule has 10 heteroatoms. The maximum atomic E-state index is 11.5. The SMILES string of the molecule is CC(=O)Oc1cc(OC(C)=O)c2c(c1)OC(c1ccc(OC(C)=O)c(OC(C)=O)c1)C(O)C2. The van der Waals surface area contributed by atoms with Crippen LogP contribution in [-0.2, 0) is 25.6 Å². The number of hydrogen-bond donors (Lipinski definition) is 1. The Hall–Kier alpha value is -3.92. The molecule has 2 aromatic rings. The minimum atomic E-state index is -1.07. The van der Waals surface area contributed by atoms with Gasteiger partial charge in [-0.1, -0.05) is 6.07 Å². The number of hydrogen-bond acceptors (Lipinski definition) is 10. The number of rotatable bonds is 5. The Morgan fingerprint density at radius 1 is 0.788 bits per heavy atom. The van der Waals surface area contributed by atoms with Crippen molar-refractivity contribution < 1.29 is 48.0 Å². The third-order valence-electron chi connectivity index (χ3n) is 4.48. The van der Waals surface area contributed by atoms with Gasteiger partial charge in [0.15, 0.2) is 11.5 Å². The summed E-state index contributed by atoms with van der Waals surface area (Å²) >= 11 is 0. The number of ether oxygens (including phenoxy) is 5. The lowest BCUT2D eigenvalue weighted by Crippen LogP contribution is -2.31. The van der Waals surface area contributed by atoms with Gasteiger partial charge < -0.3 is 28.8 Å². The number of esters is 4. The Morgan fingerprint density at radius 3 is 1.97 bits per heavy atom. The van der Waals surface area contributed by atoms with Gasteiger partial charge in [0.05, 0.1) is 6.10 Å². The summed E-state index contributed by atoms with van der Waals surface area (Å²) in [6.07, 6.45) is -1.94. The number of carbonyl (C=O) groups is 4. The van der Waals surface area contributed by atoms with Crippen molar-refractivity contribution in [2.75, 3.05) is 0 Å². The summed E-state index contributed by atoms with van der Waals surface area (Å²) < 4.78 is 26.5. The van der Waals surface area contributed by atoms with E-state index >= 15 is 0 Å². The van der Waals surface area contributed by atoms with Crippen LogP contribution in [0.2, 0.25) is 0 Å². The predicted octanol–water partition coefficient (Wildman–Crippen LogP) is 2.42. The van der Waals surface area contributed by atoms with Gasteiger partial charge >= 0.3 is 23.9 Å². The van der Waals surface area contributed by atoms with Crippen LogP contribution in [0.4, 0.5) is 0 Å². The van der Waals surface area contributed by atoms with Crippen molar-refractivity contribution in [2.24, 2.45) is 0 Å². The molecule has 0 saturated carbocycles. The molecule has 0 radical (unpaired) electrons. The Morgan fingerprint density at radius 2 is 1.36 bits per heavy atom. The molecule has 0 aliphatic carbocycles. The van der Waals surface area contributed by atoms with E-state index in [1.54, 1.807) is 6.07 Å². The van der Waals surface area contributed by atoms with Crippen LogP contribution in [0.15, 0.2) is 30.3 Å². The van der Waals surface area contributed by atoms with Crippen LogP contribution in [-0.4, -0.2) is 35.1 Å². The molecular weight excluding hydrogens is 436 g/mol. The lowest BCUT2D eigenvalue weighted by Gasteiger charge is -2.32. The molecule has 0 amide bonds. The first-order valence-electron chi connectivity index (χ1n) is 9.92. The van der Waals surface area contributed by atoms with Crippen LogP contribution in [0.25, 0.3) is 0 Å². The van der Waals surface area contributed by atoms with Crippen LogP contribution < -0.4 is 23.7 Å². The molecule has 2 atom stereocenters. The Bertz CT molecular complexity index is 1120. The van der Waals surface area contributed by atoms with Gasteiger partial charge in [-0.2, -0.15) is 0 Å². The first kappa shape index (κ1) is 23.7. The second-order valence-electron chi connectivity index (χ2n) is 7.29. The van der Waals surface area contributed by atoms with Crippen molar-refractivity contribution in [3.63, 3.8) is 0 Å². The van der Waals surface area contributed by atoms with Crippen LogP contribution >= 0.6 is 0 Å². The molecular formula is C23H22O10. The monoisotopic (exact) mass is 458 g/mol. The lowest BCUT2D eigenvalue weighted by molar-refractivity contribution is -0.134. The van der Waals surface area contributed by atoms with Crippen molar-refractivity contribution in [1.29, 1.82) is 0 Å². The van der Waals surface area contributed by atoms with Gasteiger partial charge in [0.1, 0.15) is 23.4 Å². The summed E-state index contributed by atoms with van der Waals surface area (Å²) in [6, 6.07) is 7.20. The Balaban J connectivity index is 2.01. The van der Waals surface area contributed by atoms with E-state index < -0.39 is 36.1 Å². The zero-order valence-corrected chi connectivity index (χ0v) is 18.4. The molecule has 174 valence electrons. The second kappa shape index (κ2) is 9.70. The minimum Gasteiger partial charge on any atom is -0.482 e. The van der Waals surface area contributed by atoms with E-state index in [0.717, 1.165) is 0 Å². The largest absolute Gasteiger partial charge is 0.482 e. The molecule has 1 N–H and O–H groups in total. The summed E-state index contributed by atoms with van der Waals surface area (Å²) in [4.78, 5) is 45.8. The molecule has 2 aromatic carbocycles. The third kappa shape index (κ3) is 5.86. The van der Waals surface area contributed by atoms with Gasteiger partial charge in [-0.3, -0.25) is 19.2 Å². The van der Waals surface area contributed by atoms with Crippen molar-refractivity contribution in [3.05, 3.63) is 41.5 Å². The highest BCUT2D eigenvalue weighted by molar-refractivity contribution is 5.74. The minimum absolute atomic E-state index is 0.0222. The molecule has 0 saturated heterocycles. The molecule has 33 heavy (non-hydrogen) atoms. The van der Waals surface area contributed by atoms with Gasteiger partial charge in [0.2, 0.25) is 0 Å². The maximum absolute atomic E-state index is 11.5. The zero-order chi connectivity index (χ0) is 24.3. The number of carbonyl (C=O) groups excluding carboxylic acids is 4. The van der Waals surface area contributed by atoms with E-state index in [4.69, 9.17) is 23.7 Å². The molecule has 0 spiro atoms. The van der Waals surface area contributed by atoms with Gasteiger partial charge in [-0.25, -0.2) is 0 Å². The van der Waals surface area contributed by atoms with Gasteiger partial charge in [-0.15, -0.1) is 0 Å². The smallest absolute Gasteiger partial charge is 0.308 e. The highest BCUT2D eigenvalue weighted by atomic mass is 16.6. The van der Waals surface area contributed by atoms with Gasteiger partial charge in [0.25, 0.3) is 0 Å². The molecule has 0 bridgehead atoms. The van der Waals surface area contributed by atoms with E-state index in [9.17, 15) is 24.3 Å². The molecule has 0 fully saturated rings. The fraction of sp³-hybridized carbons (Fsp3) is 0.304. The molecule has 1 heterocycles. The summed E-state index contributed by atoms with van der Waals surface area (Å²) in [6.45, 7) is 4.84. The maximum Gasteiger partial charge on any atom is 0.308 e. The number of fused-ring (bicyclic) bond motifs is 1. The average molecular weight is 458 g/mol.